The van der Waals surface area contributed by atoms with Crippen LogP contribution in [0.25, 0.3) is 0 Å². The first kappa shape index (κ1) is 25.4. The van der Waals surface area contributed by atoms with E-state index in [1.165, 1.54) is 5.56 Å². The van der Waals surface area contributed by atoms with Crippen LogP contribution in [0, 0.1) is 6.92 Å². The van der Waals surface area contributed by atoms with E-state index in [4.69, 9.17) is 4.74 Å². The molecule has 1 atom stereocenters. The third-order valence-electron chi connectivity index (χ3n) is 5.35. The van der Waals surface area contributed by atoms with Crippen LogP contribution in [0.3, 0.4) is 0 Å². The Morgan fingerprint density at radius 3 is 2.09 bits per heavy atom. The molecular weight excluding hydrogens is 400 g/mol. The number of nitrogens with zero attached hydrogens (tertiary/aromatic N) is 1. The Kier molecular flexibility index (Phi) is 8.11. The van der Waals surface area contributed by atoms with Crippen molar-refractivity contribution >= 4 is 11.8 Å². The predicted molar refractivity (Wildman–Crippen MR) is 130 cm³/mol. The first-order chi connectivity index (χ1) is 14.8. The van der Waals surface area contributed by atoms with Gasteiger partial charge < -0.3 is 15.0 Å². The monoisotopic (exact) mass is 438 g/mol. The first-order valence-electron chi connectivity index (χ1n) is 11.2. The van der Waals surface area contributed by atoms with Crippen LogP contribution < -0.4 is 10.1 Å². The lowest BCUT2D eigenvalue weighted by molar-refractivity contribution is -0.142. The molecule has 174 valence electrons. The van der Waals surface area contributed by atoms with Crippen molar-refractivity contribution in [1.82, 2.24) is 10.2 Å². The molecule has 0 aliphatic heterocycles. The minimum Gasteiger partial charge on any atom is -0.484 e. The average molecular weight is 439 g/mol. The second-order valence-electron chi connectivity index (χ2n) is 10.4. The van der Waals surface area contributed by atoms with Gasteiger partial charge in [0.1, 0.15) is 11.8 Å². The molecule has 2 amide bonds. The van der Waals surface area contributed by atoms with Gasteiger partial charge in [-0.3, -0.25) is 9.59 Å². The van der Waals surface area contributed by atoms with Crippen molar-refractivity contribution in [1.29, 1.82) is 0 Å². The van der Waals surface area contributed by atoms with Crippen LogP contribution in [0.2, 0.25) is 0 Å². The van der Waals surface area contributed by atoms with E-state index in [0.717, 1.165) is 11.1 Å². The number of ether oxygens (including phenoxy) is 1. The third-order valence-corrected chi connectivity index (χ3v) is 5.35. The minimum absolute atomic E-state index is 0.0501. The molecule has 2 rings (SSSR count). The summed E-state index contributed by atoms with van der Waals surface area (Å²) in [4.78, 5) is 27.6. The molecule has 0 aromatic heterocycles. The molecule has 5 nitrogen and oxygen atoms in total. The standard InChI is InChI=1S/C27H38N2O3/c1-19-11-9-10-12-21(19)17-29(20(2)25(31)28-27(6,7)8)24(30)18-32-23-15-13-22(14-16-23)26(3,4)5/h9-16,20H,17-18H2,1-8H3,(H,28,31)/t20-/m1/s1. The van der Waals surface area contributed by atoms with Gasteiger partial charge in [0.25, 0.3) is 5.91 Å². The number of amides is 2. The summed E-state index contributed by atoms with van der Waals surface area (Å²) >= 11 is 0. The van der Waals surface area contributed by atoms with E-state index in [2.05, 4.69) is 26.1 Å². The molecule has 0 spiro atoms. The van der Waals surface area contributed by atoms with Gasteiger partial charge in [0, 0.05) is 12.1 Å². The van der Waals surface area contributed by atoms with Crippen LogP contribution in [-0.4, -0.2) is 34.9 Å². The fourth-order valence-corrected chi connectivity index (χ4v) is 3.31. The number of rotatable bonds is 7. The van der Waals surface area contributed by atoms with Crippen LogP contribution in [0.5, 0.6) is 5.75 Å². The molecule has 0 saturated heterocycles. The average Bonchev–Trinajstić information content (AvgIpc) is 2.69. The van der Waals surface area contributed by atoms with Gasteiger partial charge in [-0.2, -0.15) is 0 Å². The van der Waals surface area contributed by atoms with E-state index in [9.17, 15) is 9.59 Å². The first-order valence-corrected chi connectivity index (χ1v) is 11.2. The number of carbonyl (C=O) groups is 2. The van der Waals surface area contributed by atoms with E-state index in [1.54, 1.807) is 11.8 Å². The van der Waals surface area contributed by atoms with E-state index >= 15 is 0 Å². The Labute approximate surface area is 193 Å². The molecule has 2 aromatic rings. The maximum Gasteiger partial charge on any atom is 0.261 e. The van der Waals surface area contributed by atoms with Gasteiger partial charge in [-0.15, -0.1) is 0 Å². The number of benzene rings is 2. The summed E-state index contributed by atoms with van der Waals surface area (Å²) in [5, 5.41) is 2.98. The summed E-state index contributed by atoms with van der Waals surface area (Å²) in [6, 6.07) is 15.1. The van der Waals surface area contributed by atoms with Crippen molar-refractivity contribution < 1.29 is 14.3 Å². The molecule has 5 heteroatoms. The molecule has 0 fully saturated rings. The zero-order valence-electron chi connectivity index (χ0n) is 20.8. The molecule has 0 aliphatic carbocycles. The lowest BCUT2D eigenvalue weighted by Gasteiger charge is -2.31. The fourth-order valence-electron chi connectivity index (χ4n) is 3.31. The van der Waals surface area contributed by atoms with Crippen LogP contribution >= 0.6 is 0 Å². The second-order valence-corrected chi connectivity index (χ2v) is 10.4. The summed E-state index contributed by atoms with van der Waals surface area (Å²) in [6.07, 6.45) is 0. The highest BCUT2D eigenvalue weighted by Crippen LogP contribution is 2.24. The Morgan fingerprint density at radius 2 is 1.56 bits per heavy atom. The molecule has 32 heavy (non-hydrogen) atoms. The predicted octanol–water partition coefficient (Wildman–Crippen LogP) is 5.00. The Balaban J connectivity index is 2.17. The maximum absolute atomic E-state index is 13.2. The molecule has 0 bridgehead atoms. The summed E-state index contributed by atoms with van der Waals surface area (Å²) in [5.41, 5.74) is 2.95. The Bertz CT molecular complexity index is 921. The molecule has 0 unspecified atom stereocenters. The van der Waals surface area contributed by atoms with E-state index in [0.29, 0.717) is 12.3 Å². The number of hydrogen-bond donors (Lipinski definition) is 1. The third kappa shape index (κ3) is 7.40. The SMILES string of the molecule is Cc1ccccc1CN(C(=O)COc1ccc(C(C)(C)C)cc1)[C@H](C)C(=O)NC(C)(C)C. The molecule has 2 aromatic carbocycles. The van der Waals surface area contributed by atoms with Crippen LogP contribution in [0.1, 0.15) is 65.2 Å². The van der Waals surface area contributed by atoms with Crippen LogP contribution in [0.4, 0.5) is 0 Å². The molecule has 0 aliphatic rings. The highest BCUT2D eigenvalue weighted by molar-refractivity contribution is 5.88. The number of aryl methyl sites for hydroxylation is 1. The lowest BCUT2D eigenvalue weighted by atomic mass is 9.87. The highest BCUT2D eigenvalue weighted by Gasteiger charge is 2.29. The van der Waals surface area contributed by atoms with Crippen molar-refractivity contribution in [3.05, 3.63) is 65.2 Å². The molecule has 0 saturated carbocycles. The molecular formula is C27H38N2O3. The molecule has 0 radical (unpaired) electrons. The van der Waals surface area contributed by atoms with Crippen molar-refractivity contribution in [2.24, 2.45) is 0 Å². The smallest absolute Gasteiger partial charge is 0.261 e. The van der Waals surface area contributed by atoms with Crippen molar-refractivity contribution in [3.8, 4) is 5.75 Å². The summed E-state index contributed by atoms with van der Waals surface area (Å²) in [6.45, 7) is 16.2. The van der Waals surface area contributed by atoms with Gasteiger partial charge in [0.05, 0.1) is 0 Å². The number of nitrogens with one attached hydrogen (secondary N) is 1. The zero-order valence-corrected chi connectivity index (χ0v) is 20.8. The normalized spacial score (nSPS) is 12.8. The second kappa shape index (κ2) is 10.2. The number of hydrogen-bond acceptors (Lipinski definition) is 3. The highest BCUT2D eigenvalue weighted by atomic mass is 16.5. The largest absolute Gasteiger partial charge is 0.484 e. The van der Waals surface area contributed by atoms with E-state index in [1.807, 2.05) is 76.2 Å². The van der Waals surface area contributed by atoms with Crippen molar-refractivity contribution in [2.75, 3.05) is 6.61 Å². The Morgan fingerprint density at radius 1 is 0.969 bits per heavy atom. The quantitative estimate of drug-likeness (QED) is 0.662. The van der Waals surface area contributed by atoms with Crippen molar-refractivity contribution in [3.63, 3.8) is 0 Å². The summed E-state index contributed by atoms with van der Waals surface area (Å²) < 4.78 is 5.79. The van der Waals surface area contributed by atoms with Crippen LogP contribution in [0.15, 0.2) is 48.5 Å². The van der Waals surface area contributed by atoms with Gasteiger partial charge in [-0.1, -0.05) is 57.2 Å². The number of carbonyl (C=O) groups excluding carboxylic acids is 2. The van der Waals surface area contributed by atoms with Gasteiger partial charge in [0.2, 0.25) is 5.91 Å². The lowest BCUT2D eigenvalue weighted by Crippen LogP contribution is -2.53. The van der Waals surface area contributed by atoms with Gasteiger partial charge in [0.15, 0.2) is 6.61 Å². The topological polar surface area (TPSA) is 58.6 Å². The van der Waals surface area contributed by atoms with Gasteiger partial charge >= 0.3 is 0 Å². The van der Waals surface area contributed by atoms with Gasteiger partial charge in [-0.05, 0) is 68.9 Å². The molecule has 0 heterocycles. The maximum atomic E-state index is 13.2. The Hall–Kier alpha value is -2.82. The fraction of sp³-hybridized carbons (Fsp3) is 0.481. The van der Waals surface area contributed by atoms with E-state index in [-0.39, 0.29) is 29.4 Å². The summed E-state index contributed by atoms with van der Waals surface area (Å²) in [7, 11) is 0. The zero-order chi connectivity index (χ0) is 24.1. The summed E-state index contributed by atoms with van der Waals surface area (Å²) in [5.74, 6) is 0.215. The molecule has 1 N–H and O–H groups in total. The minimum atomic E-state index is -0.631. The van der Waals surface area contributed by atoms with Crippen molar-refractivity contribution in [2.45, 2.75) is 78.9 Å². The van der Waals surface area contributed by atoms with E-state index < -0.39 is 6.04 Å². The van der Waals surface area contributed by atoms with Crippen LogP contribution in [-0.2, 0) is 21.5 Å². The van der Waals surface area contributed by atoms with Gasteiger partial charge in [-0.25, -0.2) is 0 Å².